The second kappa shape index (κ2) is 7.66. The van der Waals surface area contributed by atoms with Crippen LogP contribution < -0.4 is 5.32 Å². The minimum atomic E-state index is -3.66. The van der Waals surface area contributed by atoms with Crippen LogP contribution in [-0.2, 0) is 16.6 Å². The van der Waals surface area contributed by atoms with Crippen LogP contribution in [0, 0.1) is 11.3 Å². The number of sulfonamides is 1. The highest BCUT2D eigenvalue weighted by Gasteiger charge is 2.20. The number of carbonyl (C=O) groups is 1. The number of halogens is 1. The van der Waals surface area contributed by atoms with Crippen LogP contribution in [0.15, 0.2) is 47.4 Å². The first kappa shape index (κ1) is 18.9. The van der Waals surface area contributed by atoms with Gasteiger partial charge in [-0.15, -0.1) is 0 Å². The van der Waals surface area contributed by atoms with Crippen molar-refractivity contribution in [1.82, 2.24) is 9.62 Å². The first-order chi connectivity index (χ1) is 11.8. The summed E-state index contributed by atoms with van der Waals surface area (Å²) in [6, 6.07) is 12.8. The van der Waals surface area contributed by atoms with Crippen molar-refractivity contribution in [3.63, 3.8) is 0 Å². The molecule has 0 spiro atoms. The van der Waals surface area contributed by atoms with Gasteiger partial charge in [0.15, 0.2) is 0 Å². The number of carbonyl (C=O) groups excluding carboxylic acids is 1. The highest BCUT2D eigenvalue weighted by Crippen LogP contribution is 2.22. The molecular formula is C17H16ClN3O3S. The Morgan fingerprint density at radius 1 is 1.20 bits per heavy atom. The van der Waals surface area contributed by atoms with Gasteiger partial charge >= 0.3 is 0 Å². The zero-order chi connectivity index (χ0) is 18.6. The summed E-state index contributed by atoms with van der Waals surface area (Å²) < 4.78 is 25.4. The lowest BCUT2D eigenvalue weighted by molar-refractivity contribution is 0.0951. The van der Waals surface area contributed by atoms with Gasteiger partial charge in [-0.2, -0.15) is 5.26 Å². The number of nitrogens with zero attached hydrogens (tertiary/aromatic N) is 2. The summed E-state index contributed by atoms with van der Waals surface area (Å²) in [5.41, 5.74) is 1.42. The van der Waals surface area contributed by atoms with E-state index in [0.717, 1.165) is 9.87 Å². The van der Waals surface area contributed by atoms with Gasteiger partial charge in [-0.05, 0) is 35.9 Å². The van der Waals surface area contributed by atoms with Crippen LogP contribution in [0.25, 0.3) is 0 Å². The van der Waals surface area contributed by atoms with Crippen molar-refractivity contribution in [2.75, 3.05) is 14.1 Å². The molecule has 0 aliphatic rings. The van der Waals surface area contributed by atoms with E-state index in [1.807, 2.05) is 6.07 Å². The zero-order valence-corrected chi connectivity index (χ0v) is 15.2. The van der Waals surface area contributed by atoms with E-state index in [1.54, 1.807) is 24.3 Å². The molecule has 8 heteroatoms. The van der Waals surface area contributed by atoms with Gasteiger partial charge in [0.2, 0.25) is 10.0 Å². The monoisotopic (exact) mass is 377 g/mol. The summed E-state index contributed by atoms with van der Waals surface area (Å²) in [5.74, 6) is -0.481. The second-order valence-corrected chi connectivity index (χ2v) is 7.98. The predicted octanol–water partition coefficient (Wildman–Crippen LogP) is 2.39. The fraction of sp³-hybridized carbons (Fsp3) is 0.176. The second-order valence-electron chi connectivity index (χ2n) is 5.42. The summed E-state index contributed by atoms with van der Waals surface area (Å²) in [7, 11) is -0.838. The lowest BCUT2D eigenvalue weighted by Crippen LogP contribution is -2.25. The van der Waals surface area contributed by atoms with Crippen LogP contribution in [0.4, 0.5) is 0 Å². The smallest absolute Gasteiger partial charge is 0.253 e. The molecule has 0 radical (unpaired) electrons. The van der Waals surface area contributed by atoms with Crippen molar-refractivity contribution in [1.29, 1.82) is 5.26 Å². The Morgan fingerprint density at radius 2 is 1.84 bits per heavy atom. The fourth-order valence-corrected chi connectivity index (χ4v) is 3.16. The lowest BCUT2D eigenvalue weighted by atomic mass is 10.1. The molecule has 0 aromatic heterocycles. The minimum Gasteiger partial charge on any atom is -0.348 e. The summed E-state index contributed by atoms with van der Waals surface area (Å²) >= 11 is 6.04. The van der Waals surface area contributed by atoms with Crippen LogP contribution in [0.3, 0.4) is 0 Å². The molecule has 130 valence electrons. The van der Waals surface area contributed by atoms with Crippen LogP contribution in [0.1, 0.15) is 21.5 Å². The molecule has 0 atom stereocenters. The van der Waals surface area contributed by atoms with Crippen molar-refractivity contribution < 1.29 is 13.2 Å². The van der Waals surface area contributed by atoms with E-state index in [1.165, 1.54) is 32.3 Å². The maximum atomic E-state index is 12.4. The standard InChI is InChI=1S/C17H16ClN3O3S/c1-21(2)25(23,24)14-7-8-16(18)15(9-14)17(22)20-11-13-5-3-12(10-19)4-6-13/h3-9H,11H2,1-2H3,(H,20,22). The van der Waals surface area contributed by atoms with Crippen LogP contribution in [-0.4, -0.2) is 32.7 Å². The number of nitrogens with one attached hydrogen (secondary N) is 1. The number of rotatable bonds is 5. The van der Waals surface area contributed by atoms with Crippen LogP contribution >= 0.6 is 11.6 Å². The third-order valence-electron chi connectivity index (χ3n) is 3.50. The number of hydrogen-bond acceptors (Lipinski definition) is 4. The van der Waals surface area contributed by atoms with Crippen molar-refractivity contribution in [3.8, 4) is 6.07 Å². The van der Waals surface area contributed by atoms with Gasteiger partial charge in [0.05, 0.1) is 27.1 Å². The average molecular weight is 378 g/mol. The maximum Gasteiger partial charge on any atom is 0.253 e. The van der Waals surface area contributed by atoms with Crippen molar-refractivity contribution >= 4 is 27.5 Å². The minimum absolute atomic E-state index is 0.00887. The molecule has 0 unspecified atom stereocenters. The summed E-state index contributed by atoms with van der Waals surface area (Å²) in [6.45, 7) is 0.228. The largest absolute Gasteiger partial charge is 0.348 e. The van der Waals surface area contributed by atoms with Crippen molar-refractivity contribution in [2.45, 2.75) is 11.4 Å². The van der Waals surface area contributed by atoms with Gasteiger partial charge in [-0.3, -0.25) is 4.79 Å². The number of hydrogen-bond donors (Lipinski definition) is 1. The molecule has 0 aliphatic heterocycles. The molecule has 0 saturated carbocycles. The molecule has 2 rings (SSSR count). The Hall–Kier alpha value is -2.40. The van der Waals surface area contributed by atoms with Gasteiger partial charge in [0.1, 0.15) is 0 Å². The normalized spacial score (nSPS) is 11.2. The Morgan fingerprint density at radius 3 is 2.40 bits per heavy atom. The summed E-state index contributed by atoms with van der Waals surface area (Å²) in [6.07, 6.45) is 0. The van der Waals surface area contributed by atoms with E-state index < -0.39 is 15.9 Å². The Labute approximate surface area is 151 Å². The third kappa shape index (κ3) is 4.37. The zero-order valence-electron chi connectivity index (χ0n) is 13.7. The summed E-state index contributed by atoms with van der Waals surface area (Å²) in [4.78, 5) is 12.3. The molecule has 2 aromatic carbocycles. The molecule has 25 heavy (non-hydrogen) atoms. The van der Waals surface area contributed by atoms with Gasteiger partial charge in [-0.1, -0.05) is 23.7 Å². The number of benzene rings is 2. The fourth-order valence-electron chi connectivity index (χ4n) is 2.02. The van der Waals surface area contributed by atoms with Crippen molar-refractivity contribution in [3.05, 3.63) is 64.2 Å². The number of nitriles is 1. The molecule has 0 heterocycles. The first-order valence-corrected chi connectivity index (χ1v) is 9.07. The molecule has 1 N–H and O–H groups in total. The van der Waals surface area contributed by atoms with Crippen LogP contribution in [0.5, 0.6) is 0 Å². The van der Waals surface area contributed by atoms with Gasteiger partial charge in [-0.25, -0.2) is 12.7 Å². The third-order valence-corrected chi connectivity index (χ3v) is 5.64. The molecule has 0 aliphatic carbocycles. The van der Waals surface area contributed by atoms with Gasteiger partial charge in [0, 0.05) is 20.6 Å². The van der Waals surface area contributed by atoms with Gasteiger partial charge in [0.25, 0.3) is 5.91 Å². The average Bonchev–Trinajstić information content (AvgIpc) is 2.60. The Kier molecular flexibility index (Phi) is 5.80. The molecule has 0 saturated heterocycles. The summed E-state index contributed by atoms with van der Waals surface area (Å²) in [5, 5.41) is 11.6. The van der Waals surface area contributed by atoms with E-state index in [4.69, 9.17) is 16.9 Å². The van der Waals surface area contributed by atoms with E-state index in [9.17, 15) is 13.2 Å². The molecule has 0 bridgehead atoms. The molecule has 6 nitrogen and oxygen atoms in total. The van der Waals surface area contributed by atoms with Crippen LogP contribution in [0.2, 0.25) is 5.02 Å². The van der Waals surface area contributed by atoms with Gasteiger partial charge < -0.3 is 5.32 Å². The molecule has 0 fully saturated rings. The van der Waals surface area contributed by atoms with Crippen molar-refractivity contribution in [2.24, 2.45) is 0 Å². The molecular weight excluding hydrogens is 362 g/mol. The maximum absolute atomic E-state index is 12.4. The quantitative estimate of drug-likeness (QED) is 0.866. The highest BCUT2D eigenvalue weighted by atomic mass is 35.5. The van der Waals surface area contributed by atoms with E-state index in [2.05, 4.69) is 5.32 Å². The van der Waals surface area contributed by atoms with E-state index >= 15 is 0 Å². The predicted molar refractivity (Wildman–Crippen MR) is 94.7 cm³/mol. The lowest BCUT2D eigenvalue weighted by Gasteiger charge is -2.13. The SMILES string of the molecule is CN(C)S(=O)(=O)c1ccc(Cl)c(C(=O)NCc2ccc(C#N)cc2)c1. The number of amides is 1. The molecule has 1 amide bonds. The molecule has 2 aromatic rings. The topological polar surface area (TPSA) is 90.3 Å². The highest BCUT2D eigenvalue weighted by molar-refractivity contribution is 7.89. The Balaban J connectivity index is 2.20. The Bertz CT molecular complexity index is 933. The first-order valence-electron chi connectivity index (χ1n) is 7.25. The van der Waals surface area contributed by atoms with E-state index in [0.29, 0.717) is 5.56 Å². The van der Waals surface area contributed by atoms with E-state index in [-0.39, 0.29) is 22.0 Å².